The lowest BCUT2D eigenvalue weighted by atomic mass is 10.4. The van der Waals surface area contributed by atoms with Gasteiger partial charge in [0, 0.05) is 25.8 Å². The summed E-state index contributed by atoms with van der Waals surface area (Å²) >= 11 is 0.912. The minimum absolute atomic E-state index is 0.0241. The highest BCUT2D eigenvalue weighted by Crippen LogP contribution is 2.29. The summed E-state index contributed by atoms with van der Waals surface area (Å²) in [5.41, 5.74) is 2.00. The van der Waals surface area contributed by atoms with Crippen LogP contribution in [0.2, 0.25) is 0 Å². The molecule has 138 valence electrons. The molecular weight excluding hydrogens is 357 g/mol. The zero-order chi connectivity index (χ0) is 18.6. The third-order valence-corrected chi connectivity index (χ3v) is 4.41. The Kier molecular flexibility index (Phi) is 6.09. The fourth-order valence-electron chi connectivity index (χ4n) is 2.23. The van der Waals surface area contributed by atoms with Gasteiger partial charge in [-0.1, -0.05) is 11.8 Å². The Morgan fingerprint density at radius 3 is 2.60 bits per heavy atom. The van der Waals surface area contributed by atoms with Gasteiger partial charge in [0.15, 0.2) is 5.16 Å². The molecule has 25 heavy (non-hydrogen) atoms. The zero-order valence-corrected chi connectivity index (χ0v) is 14.9. The first-order valence-corrected chi connectivity index (χ1v) is 8.54. The van der Waals surface area contributed by atoms with Crippen LogP contribution in [0.25, 0.3) is 0 Å². The number of aromatic nitrogens is 5. The Morgan fingerprint density at radius 1 is 1.32 bits per heavy atom. The van der Waals surface area contributed by atoms with Crippen LogP contribution in [0, 0.1) is 13.8 Å². The molecule has 0 aliphatic carbocycles. The van der Waals surface area contributed by atoms with Crippen LogP contribution in [0.5, 0.6) is 0 Å². The van der Waals surface area contributed by atoms with E-state index in [-0.39, 0.29) is 16.8 Å². The molecule has 0 saturated heterocycles. The number of aryl methyl sites for hydroxylation is 3. The summed E-state index contributed by atoms with van der Waals surface area (Å²) < 4.78 is 40.6. The lowest BCUT2D eigenvalue weighted by Crippen LogP contribution is -2.27. The lowest BCUT2D eigenvalue weighted by molar-refractivity contribution is -0.147. The second kappa shape index (κ2) is 7.89. The number of carbonyl (C=O) groups is 1. The summed E-state index contributed by atoms with van der Waals surface area (Å²) in [6.07, 6.45) is -3.85. The van der Waals surface area contributed by atoms with Crippen molar-refractivity contribution in [2.24, 2.45) is 7.05 Å². The minimum atomic E-state index is -4.56. The Hall–Kier alpha value is -2.04. The predicted molar refractivity (Wildman–Crippen MR) is 86.1 cm³/mol. The number of rotatable bonds is 7. The number of alkyl halides is 3. The number of hydrogen-bond donors (Lipinski definition) is 1. The van der Waals surface area contributed by atoms with Gasteiger partial charge >= 0.3 is 6.18 Å². The fourth-order valence-corrected chi connectivity index (χ4v) is 2.97. The number of nitrogens with one attached hydrogen (secondary N) is 1. The van der Waals surface area contributed by atoms with Gasteiger partial charge in [0.25, 0.3) is 0 Å². The average Bonchev–Trinajstić information content (AvgIpc) is 3.03. The van der Waals surface area contributed by atoms with Crippen molar-refractivity contribution < 1.29 is 18.0 Å². The first kappa shape index (κ1) is 19.3. The van der Waals surface area contributed by atoms with Gasteiger partial charge < -0.3 is 9.88 Å². The summed E-state index contributed by atoms with van der Waals surface area (Å²) in [6.45, 7) is 5.03. The van der Waals surface area contributed by atoms with Gasteiger partial charge in [0.2, 0.25) is 11.7 Å². The van der Waals surface area contributed by atoms with Crippen molar-refractivity contribution >= 4 is 17.7 Å². The monoisotopic (exact) mass is 376 g/mol. The second-order valence-corrected chi connectivity index (χ2v) is 6.45. The van der Waals surface area contributed by atoms with E-state index in [1.807, 2.05) is 24.6 Å². The molecule has 2 aromatic rings. The summed E-state index contributed by atoms with van der Waals surface area (Å²) in [6, 6.07) is 1.98. The average molecular weight is 376 g/mol. The first-order chi connectivity index (χ1) is 11.7. The minimum Gasteiger partial charge on any atom is -0.355 e. The van der Waals surface area contributed by atoms with E-state index in [0.29, 0.717) is 19.5 Å². The molecule has 1 amide bonds. The predicted octanol–water partition coefficient (Wildman–Crippen LogP) is 1.95. The largest absolute Gasteiger partial charge is 0.451 e. The normalized spacial score (nSPS) is 11.8. The molecule has 2 aromatic heterocycles. The van der Waals surface area contributed by atoms with Gasteiger partial charge in [-0.25, -0.2) is 0 Å². The molecule has 0 aliphatic rings. The third-order valence-electron chi connectivity index (χ3n) is 3.39. The van der Waals surface area contributed by atoms with Crippen LogP contribution >= 0.6 is 11.8 Å². The van der Waals surface area contributed by atoms with Crippen molar-refractivity contribution in [3.63, 3.8) is 0 Å². The van der Waals surface area contributed by atoms with Crippen molar-refractivity contribution in [2.45, 2.75) is 38.1 Å². The van der Waals surface area contributed by atoms with Gasteiger partial charge in [-0.3, -0.25) is 9.48 Å². The van der Waals surface area contributed by atoms with Crippen LogP contribution in [-0.4, -0.2) is 42.7 Å². The highest BCUT2D eigenvalue weighted by Gasteiger charge is 2.37. The Bertz CT molecular complexity index is 739. The molecular formula is C14H19F3N6OS. The van der Waals surface area contributed by atoms with Crippen LogP contribution in [-0.2, 0) is 24.6 Å². The van der Waals surface area contributed by atoms with E-state index >= 15 is 0 Å². The van der Waals surface area contributed by atoms with E-state index < -0.39 is 12.0 Å². The molecule has 0 aromatic carbocycles. The molecule has 7 nitrogen and oxygen atoms in total. The molecule has 0 fully saturated rings. The molecule has 0 saturated carbocycles. The van der Waals surface area contributed by atoms with Crippen molar-refractivity contribution in [2.75, 3.05) is 12.3 Å². The number of amides is 1. The van der Waals surface area contributed by atoms with Gasteiger partial charge in [-0.05, 0) is 26.3 Å². The van der Waals surface area contributed by atoms with E-state index in [0.717, 1.165) is 27.7 Å². The first-order valence-electron chi connectivity index (χ1n) is 7.55. The SMILES string of the molecule is Cc1cc(C)n(CCCNC(=O)CSc2nnc(C(F)(F)F)n2C)n1. The highest BCUT2D eigenvalue weighted by molar-refractivity contribution is 7.99. The highest BCUT2D eigenvalue weighted by atomic mass is 32.2. The lowest BCUT2D eigenvalue weighted by Gasteiger charge is -2.07. The fraction of sp³-hybridized carbons (Fsp3) is 0.571. The smallest absolute Gasteiger partial charge is 0.355 e. The van der Waals surface area contributed by atoms with Gasteiger partial charge in [0.05, 0.1) is 11.4 Å². The van der Waals surface area contributed by atoms with E-state index in [1.165, 1.54) is 7.05 Å². The maximum absolute atomic E-state index is 12.6. The third kappa shape index (κ3) is 5.21. The molecule has 2 rings (SSSR count). The quantitative estimate of drug-likeness (QED) is 0.590. The van der Waals surface area contributed by atoms with E-state index in [2.05, 4.69) is 20.6 Å². The standard InChI is InChI=1S/C14H19F3N6OS/c1-9-7-10(2)23(21-9)6-4-5-18-11(24)8-25-13-20-19-12(22(13)3)14(15,16)17/h7H,4-6,8H2,1-3H3,(H,18,24). The van der Waals surface area contributed by atoms with E-state index in [4.69, 9.17) is 0 Å². The second-order valence-electron chi connectivity index (χ2n) is 5.51. The van der Waals surface area contributed by atoms with Crippen molar-refractivity contribution in [3.05, 3.63) is 23.3 Å². The molecule has 1 N–H and O–H groups in total. The molecule has 2 heterocycles. The van der Waals surface area contributed by atoms with Gasteiger partial charge in [-0.15, -0.1) is 10.2 Å². The Morgan fingerprint density at radius 2 is 2.04 bits per heavy atom. The summed E-state index contributed by atoms with van der Waals surface area (Å²) in [5, 5.41) is 13.7. The number of hydrogen-bond acceptors (Lipinski definition) is 5. The molecule has 0 unspecified atom stereocenters. The van der Waals surface area contributed by atoms with Gasteiger partial charge in [-0.2, -0.15) is 18.3 Å². The van der Waals surface area contributed by atoms with E-state index in [9.17, 15) is 18.0 Å². The van der Waals surface area contributed by atoms with Crippen molar-refractivity contribution in [3.8, 4) is 0 Å². The maximum atomic E-state index is 12.6. The summed E-state index contributed by atoms with van der Waals surface area (Å²) in [5.74, 6) is -1.38. The molecule has 0 atom stereocenters. The molecule has 0 bridgehead atoms. The topological polar surface area (TPSA) is 77.6 Å². The molecule has 0 radical (unpaired) electrons. The van der Waals surface area contributed by atoms with Crippen LogP contribution in [0.3, 0.4) is 0 Å². The van der Waals surface area contributed by atoms with Crippen LogP contribution < -0.4 is 5.32 Å². The maximum Gasteiger partial charge on any atom is 0.451 e. The van der Waals surface area contributed by atoms with Crippen molar-refractivity contribution in [1.29, 1.82) is 0 Å². The Balaban J connectivity index is 1.72. The summed E-state index contributed by atoms with van der Waals surface area (Å²) in [7, 11) is 1.22. The number of nitrogens with zero attached hydrogens (tertiary/aromatic N) is 5. The van der Waals surface area contributed by atoms with Crippen LogP contribution in [0.1, 0.15) is 23.6 Å². The number of carbonyl (C=O) groups excluding carboxylic acids is 1. The number of halogens is 3. The molecule has 11 heteroatoms. The molecule has 0 spiro atoms. The number of thioether (sulfide) groups is 1. The van der Waals surface area contributed by atoms with E-state index in [1.54, 1.807) is 0 Å². The van der Waals surface area contributed by atoms with Crippen LogP contribution in [0.4, 0.5) is 13.2 Å². The summed E-state index contributed by atoms with van der Waals surface area (Å²) in [4.78, 5) is 11.8. The van der Waals surface area contributed by atoms with Crippen LogP contribution in [0.15, 0.2) is 11.2 Å². The van der Waals surface area contributed by atoms with Gasteiger partial charge in [0.1, 0.15) is 0 Å². The Labute approximate surface area is 147 Å². The zero-order valence-electron chi connectivity index (χ0n) is 14.1. The van der Waals surface area contributed by atoms with Crippen molar-refractivity contribution in [1.82, 2.24) is 29.9 Å². The molecule has 0 aliphatic heterocycles.